The van der Waals surface area contributed by atoms with Gasteiger partial charge in [-0.2, -0.15) is 0 Å². The highest BCUT2D eigenvalue weighted by molar-refractivity contribution is 5.26. The third-order valence-corrected chi connectivity index (χ3v) is 8.76. The van der Waals surface area contributed by atoms with E-state index in [-0.39, 0.29) is 0 Å². The average Bonchev–Trinajstić information content (AvgIpc) is 2.79. The molecule has 0 heteroatoms. The summed E-state index contributed by atoms with van der Waals surface area (Å²) in [5.74, 6) is 5.73. The summed E-state index contributed by atoms with van der Waals surface area (Å²) in [5.41, 5.74) is 3.11. The number of hydrogen-bond acceptors (Lipinski definition) is 0. The van der Waals surface area contributed by atoms with E-state index in [4.69, 9.17) is 0 Å². The van der Waals surface area contributed by atoms with Gasteiger partial charge in [-0.1, -0.05) is 42.5 Å². The Hall–Kier alpha value is -1.30. The zero-order valence-electron chi connectivity index (χ0n) is 18.7. The summed E-state index contributed by atoms with van der Waals surface area (Å²) >= 11 is 0. The average molecular weight is 391 g/mol. The lowest BCUT2D eigenvalue weighted by Crippen LogP contribution is -2.34. The molecule has 0 N–H and O–H groups in total. The molecule has 0 saturated heterocycles. The van der Waals surface area contributed by atoms with E-state index in [1.165, 1.54) is 76.2 Å². The molecule has 158 valence electrons. The van der Waals surface area contributed by atoms with Crippen molar-refractivity contribution in [3.05, 3.63) is 60.2 Å². The SMILES string of the molecule is C=CC1CCC(C2CCC3CC(c4ccc(CC/C=C/C)cc4)CCC3C2)CC1. The summed E-state index contributed by atoms with van der Waals surface area (Å²) < 4.78 is 0. The van der Waals surface area contributed by atoms with Gasteiger partial charge in [0.15, 0.2) is 0 Å². The van der Waals surface area contributed by atoms with Gasteiger partial charge in [-0.3, -0.25) is 0 Å². The molecule has 4 rings (SSSR count). The first-order chi connectivity index (χ1) is 14.3. The Balaban J connectivity index is 1.28. The van der Waals surface area contributed by atoms with Gasteiger partial charge in [0.05, 0.1) is 0 Å². The molecule has 3 fully saturated rings. The van der Waals surface area contributed by atoms with E-state index in [9.17, 15) is 0 Å². The van der Waals surface area contributed by atoms with Gasteiger partial charge in [0.2, 0.25) is 0 Å². The monoisotopic (exact) mass is 390 g/mol. The van der Waals surface area contributed by atoms with Gasteiger partial charge in [-0.05, 0) is 131 Å². The molecular formula is C29H42. The molecule has 0 radical (unpaired) electrons. The number of fused-ring (bicyclic) bond motifs is 1. The van der Waals surface area contributed by atoms with Crippen LogP contribution in [0.25, 0.3) is 0 Å². The van der Waals surface area contributed by atoms with Crippen molar-refractivity contribution in [2.75, 3.05) is 0 Å². The van der Waals surface area contributed by atoms with Gasteiger partial charge < -0.3 is 0 Å². The van der Waals surface area contributed by atoms with Gasteiger partial charge in [-0.25, -0.2) is 0 Å². The lowest BCUT2D eigenvalue weighted by Gasteiger charge is -2.45. The molecule has 0 nitrogen and oxygen atoms in total. The van der Waals surface area contributed by atoms with Crippen LogP contribution in [0.4, 0.5) is 0 Å². The molecule has 0 aromatic heterocycles. The molecule has 0 amide bonds. The lowest BCUT2D eigenvalue weighted by atomic mass is 9.60. The molecule has 3 saturated carbocycles. The van der Waals surface area contributed by atoms with Crippen LogP contribution in [0, 0.1) is 29.6 Å². The first kappa shape index (κ1) is 21.0. The van der Waals surface area contributed by atoms with Gasteiger partial charge >= 0.3 is 0 Å². The Morgan fingerprint density at radius 3 is 2.10 bits per heavy atom. The van der Waals surface area contributed by atoms with E-state index in [0.717, 1.165) is 35.5 Å². The van der Waals surface area contributed by atoms with Crippen molar-refractivity contribution in [3.63, 3.8) is 0 Å². The fourth-order valence-electron chi connectivity index (χ4n) is 6.88. The van der Waals surface area contributed by atoms with Gasteiger partial charge in [-0.15, -0.1) is 6.58 Å². The van der Waals surface area contributed by atoms with Gasteiger partial charge in [0.25, 0.3) is 0 Å². The van der Waals surface area contributed by atoms with Gasteiger partial charge in [0, 0.05) is 0 Å². The quantitative estimate of drug-likeness (QED) is 0.427. The number of hydrogen-bond donors (Lipinski definition) is 0. The van der Waals surface area contributed by atoms with Gasteiger partial charge in [0.1, 0.15) is 0 Å². The molecular weight excluding hydrogens is 348 g/mol. The molecule has 1 aromatic carbocycles. The van der Waals surface area contributed by atoms with Crippen molar-refractivity contribution < 1.29 is 0 Å². The van der Waals surface area contributed by atoms with Crippen molar-refractivity contribution in [2.24, 2.45) is 29.6 Å². The fraction of sp³-hybridized carbons (Fsp3) is 0.655. The largest absolute Gasteiger partial charge is 0.103 e. The van der Waals surface area contributed by atoms with E-state index in [0.29, 0.717) is 0 Å². The summed E-state index contributed by atoms with van der Waals surface area (Å²) in [6, 6.07) is 9.67. The summed E-state index contributed by atoms with van der Waals surface area (Å²) in [4.78, 5) is 0. The van der Waals surface area contributed by atoms with Crippen LogP contribution in [0.1, 0.15) is 94.6 Å². The van der Waals surface area contributed by atoms with Crippen LogP contribution < -0.4 is 0 Å². The second-order valence-corrected chi connectivity index (χ2v) is 10.4. The summed E-state index contributed by atoms with van der Waals surface area (Å²) in [7, 11) is 0. The van der Waals surface area contributed by atoms with Crippen molar-refractivity contribution in [1.82, 2.24) is 0 Å². The maximum absolute atomic E-state index is 4.03. The standard InChI is InChI=1S/C29H42/c1-3-5-6-7-23-10-14-25(15-11-23)27-17-19-28-20-26(16-18-29(28)21-27)24-12-8-22(4-2)9-13-24/h3-5,10-11,14-15,22,24,26-29H,2,6-9,12-13,16-21H2,1H3/b5-3+. The van der Waals surface area contributed by atoms with Crippen molar-refractivity contribution in [1.29, 1.82) is 0 Å². The molecule has 3 aliphatic rings. The van der Waals surface area contributed by atoms with E-state index < -0.39 is 0 Å². The molecule has 29 heavy (non-hydrogen) atoms. The first-order valence-corrected chi connectivity index (χ1v) is 12.6. The summed E-state index contributed by atoms with van der Waals surface area (Å²) in [5, 5.41) is 0. The molecule has 0 spiro atoms. The minimum Gasteiger partial charge on any atom is -0.103 e. The third-order valence-electron chi connectivity index (χ3n) is 8.76. The molecule has 0 bridgehead atoms. The Bertz CT molecular complexity index is 658. The molecule has 4 unspecified atom stereocenters. The zero-order valence-corrected chi connectivity index (χ0v) is 18.7. The minimum absolute atomic E-state index is 0.813. The lowest BCUT2D eigenvalue weighted by molar-refractivity contribution is 0.0748. The maximum atomic E-state index is 4.03. The zero-order chi connectivity index (χ0) is 20.1. The van der Waals surface area contributed by atoms with Crippen molar-refractivity contribution in [3.8, 4) is 0 Å². The Morgan fingerprint density at radius 1 is 0.793 bits per heavy atom. The van der Waals surface area contributed by atoms with E-state index >= 15 is 0 Å². The Kier molecular flexibility index (Phi) is 7.33. The highest BCUT2D eigenvalue weighted by Crippen LogP contribution is 2.50. The minimum atomic E-state index is 0.813. The number of rotatable bonds is 6. The van der Waals surface area contributed by atoms with Crippen molar-refractivity contribution in [2.45, 2.75) is 89.9 Å². The summed E-state index contributed by atoms with van der Waals surface area (Å²) in [6.45, 7) is 6.14. The van der Waals surface area contributed by atoms with Crippen LogP contribution in [-0.2, 0) is 6.42 Å². The van der Waals surface area contributed by atoms with E-state index in [1.807, 2.05) is 0 Å². The molecule has 0 aliphatic heterocycles. The van der Waals surface area contributed by atoms with Crippen LogP contribution in [0.15, 0.2) is 49.1 Å². The normalized spacial score (nSPS) is 35.3. The van der Waals surface area contributed by atoms with Crippen LogP contribution in [0.5, 0.6) is 0 Å². The topological polar surface area (TPSA) is 0 Å². The molecule has 4 atom stereocenters. The summed E-state index contributed by atoms with van der Waals surface area (Å²) in [6.07, 6.45) is 23.7. The van der Waals surface area contributed by atoms with Crippen LogP contribution in [0.3, 0.4) is 0 Å². The number of benzene rings is 1. The van der Waals surface area contributed by atoms with Crippen LogP contribution >= 0.6 is 0 Å². The van der Waals surface area contributed by atoms with Crippen LogP contribution in [0.2, 0.25) is 0 Å². The van der Waals surface area contributed by atoms with Crippen LogP contribution in [-0.4, -0.2) is 0 Å². The van der Waals surface area contributed by atoms with E-state index in [2.05, 4.69) is 56.0 Å². The highest BCUT2D eigenvalue weighted by Gasteiger charge is 2.38. The number of aryl methyl sites for hydroxylation is 1. The Morgan fingerprint density at radius 2 is 1.41 bits per heavy atom. The molecule has 0 heterocycles. The van der Waals surface area contributed by atoms with Crippen molar-refractivity contribution >= 4 is 0 Å². The molecule has 1 aromatic rings. The number of allylic oxidation sites excluding steroid dienone is 3. The second-order valence-electron chi connectivity index (χ2n) is 10.4. The first-order valence-electron chi connectivity index (χ1n) is 12.6. The maximum Gasteiger partial charge on any atom is -0.0159 e. The Labute approximate surface area is 179 Å². The fourth-order valence-corrected chi connectivity index (χ4v) is 6.88. The highest BCUT2D eigenvalue weighted by atomic mass is 14.4. The van der Waals surface area contributed by atoms with E-state index in [1.54, 1.807) is 12.0 Å². The third kappa shape index (κ3) is 5.25. The predicted octanol–water partition coefficient (Wildman–Crippen LogP) is 8.49. The smallest absolute Gasteiger partial charge is 0.0159 e. The molecule has 3 aliphatic carbocycles. The second kappa shape index (κ2) is 10.1. The predicted molar refractivity (Wildman–Crippen MR) is 126 cm³/mol.